The predicted octanol–water partition coefficient (Wildman–Crippen LogP) is 11.8. The molecule has 0 spiro atoms. The van der Waals surface area contributed by atoms with Crippen molar-refractivity contribution >= 4 is 102 Å². The number of halogens is 3. The van der Waals surface area contributed by atoms with Crippen LogP contribution < -0.4 is 0 Å². The van der Waals surface area contributed by atoms with Gasteiger partial charge in [-0.15, -0.1) is 0 Å². The summed E-state index contributed by atoms with van der Waals surface area (Å²) >= 11 is 18.1. The lowest BCUT2D eigenvalue weighted by atomic mass is 10.1. The maximum atomic E-state index is 12.2. The van der Waals surface area contributed by atoms with Gasteiger partial charge >= 0.3 is 17.9 Å². The summed E-state index contributed by atoms with van der Waals surface area (Å²) in [5, 5.41) is 7.43. The Balaban J connectivity index is 0.000000131. The monoisotopic (exact) mass is 819 g/mol. The van der Waals surface area contributed by atoms with E-state index in [-0.39, 0.29) is 17.9 Å². The Morgan fingerprint density at radius 2 is 0.649 bits per heavy atom. The molecule has 0 saturated heterocycles. The first-order valence-corrected chi connectivity index (χ1v) is 19.4. The topological polar surface area (TPSA) is 92.1 Å². The molecule has 57 heavy (non-hydrogen) atoms. The molecule has 0 unspecified atom stereocenters. The highest BCUT2D eigenvalue weighted by atomic mass is 35.5. The molecule has 0 aliphatic rings. The predicted molar refractivity (Wildman–Crippen MR) is 228 cm³/mol. The molecule has 0 aliphatic carbocycles. The Hall–Kier alpha value is -6.00. The molecule has 9 aromatic rings. The molecule has 9 rings (SSSR count). The van der Waals surface area contributed by atoms with E-state index in [1.165, 1.54) is 0 Å². The van der Waals surface area contributed by atoms with Crippen LogP contribution in [0.3, 0.4) is 0 Å². The largest absolute Gasteiger partial charge is 0.461 e. The summed E-state index contributed by atoms with van der Waals surface area (Å²) in [6.45, 7) is 6.43. The Kier molecular flexibility index (Phi) is 11.7. The van der Waals surface area contributed by atoms with Crippen LogP contribution in [0.5, 0.6) is 0 Å². The van der Waals surface area contributed by atoms with Gasteiger partial charge in [-0.3, -0.25) is 0 Å². The number of fused-ring (bicyclic) bond motifs is 9. The van der Waals surface area contributed by atoms with Crippen molar-refractivity contribution in [1.29, 1.82) is 0 Å². The maximum Gasteiger partial charge on any atom is 0.355 e. The number of rotatable bonds is 6. The van der Waals surface area contributed by atoms with Crippen molar-refractivity contribution in [3.63, 3.8) is 0 Å². The lowest BCUT2D eigenvalue weighted by Crippen LogP contribution is -2.08. The Morgan fingerprint density at radius 3 is 0.895 bits per heavy atom. The molecule has 0 N–H and O–H groups in total. The van der Waals surface area contributed by atoms with Crippen molar-refractivity contribution in [3.05, 3.63) is 160 Å². The SMILES string of the molecule is CCOC(=O)c1c2ccccc2c2ccc(Cl)cn12.CCOC(=O)c1c2ccccc2c2ccc(Cl)cn12.CCOC(=O)c1c2ccccc2c2ccc(Cl)cn12. The summed E-state index contributed by atoms with van der Waals surface area (Å²) in [4.78, 5) is 36.5. The molecule has 0 amide bonds. The summed E-state index contributed by atoms with van der Waals surface area (Å²) in [7, 11) is 0. The summed E-state index contributed by atoms with van der Waals surface area (Å²) in [5.41, 5.74) is 4.41. The van der Waals surface area contributed by atoms with Gasteiger partial charge in [-0.2, -0.15) is 0 Å². The lowest BCUT2D eigenvalue weighted by molar-refractivity contribution is 0.0511. The van der Waals surface area contributed by atoms with E-state index in [0.29, 0.717) is 52.0 Å². The number of aromatic nitrogens is 3. The van der Waals surface area contributed by atoms with E-state index < -0.39 is 0 Å². The van der Waals surface area contributed by atoms with Crippen LogP contribution >= 0.6 is 34.8 Å². The molecular weight excluding hydrogens is 785 g/mol. The highest BCUT2D eigenvalue weighted by molar-refractivity contribution is 6.31. The Bertz CT molecular complexity index is 2650. The van der Waals surface area contributed by atoms with Crippen LogP contribution in [0.2, 0.25) is 15.1 Å². The first-order valence-electron chi connectivity index (χ1n) is 18.2. The maximum absolute atomic E-state index is 12.2. The lowest BCUT2D eigenvalue weighted by Gasteiger charge is -2.03. The van der Waals surface area contributed by atoms with Crippen LogP contribution in [0, 0.1) is 0 Å². The van der Waals surface area contributed by atoms with Gasteiger partial charge in [0.25, 0.3) is 0 Å². The van der Waals surface area contributed by atoms with Gasteiger partial charge < -0.3 is 27.4 Å². The van der Waals surface area contributed by atoms with Crippen molar-refractivity contribution in [2.75, 3.05) is 19.8 Å². The number of carbonyl (C=O) groups excluding carboxylic acids is 3. The summed E-state index contributed by atoms with van der Waals surface area (Å²) < 4.78 is 20.8. The third-order valence-corrected chi connectivity index (χ3v) is 9.91. The van der Waals surface area contributed by atoms with Crippen LogP contribution in [-0.4, -0.2) is 50.9 Å². The fourth-order valence-corrected chi connectivity index (χ4v) is 7.47. The summed E-state index contributed by atoms with van der Waals surface area (Å²) in [5.74, 6) is -0.997. The van der Waals surface area contributed by atoms with Gasteiger partial charge in [-0.25, -0.2) is 14.4 Å². The highest BCUT2D eigenvalue weighted by Gasteiger charge is 2.21. The fraction of sp³-hybridized carbons (Fsp3) is 0.133. The molecule has 0 atom stereocenters. The standard InChI is InChI=1S/3C15H12ClNO2/c3*1-2-19-15(18)14-12-6-4-3-5-11(12)13-8-7-10(16)9-17(13)14/h3*3-9H,2H2,1H3. The van der Waals surface area contributed by atoms with Gasteiger partial charge in [-0.1, -0.05) is 108 Å². The zero-order valence-corrected chi connectivity index (χ0v) is 33.4. The molecule has 0 aliphatic heterocycles. The molecule has 0 bridgehead atoms. The number of ether oxygens (including phenoxy) is 3. The van der Waals surface area contributed by atoms with Crippen LogP contribution in [-0.2, 0) is 14.2 Å². The second-order valence-corrected chi connectivity index (χ2v) is 14.0. The van der Waals surface area contributed by atoms with E-state index in [0.717, 1.165) is 48.9 Å². The van der Waals surface area contributed by atoms with Crippen LogP contribution in [0.15, 0.2) is 128 Å². The van der Waals surface area contributed by atoms with Crippen molar-refractivity contribution in [2.45, 2.75) is 20.8 Å². The Labute approximate surface area is 342 Å². The fourth-order valence-electron chi connectivity index (χ4n) is 6.99. The Morgan fingerprint density at radius 1 is 0.404 bits per heavy atom. The molecule has 12 heteroatoms. The van der Waals surface area contributed by atoms with Crippen molar-refractivity contribution in [1.82, 2.24) is 13.2 Å². The van der Waals surface area contributed by atoms with Gasteiger partial charge in [0.2, 0.25) is 0 Å². The number of hydrogen-bond donors (Lipinski definition) is 0. The number of carbonyl (C=O) groups is 3. The first kappa shape index (κ1) is 39.2. The van der Waals surface area contributed by atoms with Crippen LogP contribution in [0.25, 0.3) is 48.9 Å². The van der Waals surface area contributed by atoms with Gasteiger partial charge in [0.15, 0.2) is 0 Å². The van der Waals surface area contributed by atoms with Gasteiger partial charge in [-0.05, 0) is 57.2 Å². The van der Waals surface area contributed by atoms with E-state index in [4.69, 9.17) is 49.0 Å². The quantitative estimate of drug-likeness (QED) is 0.123. The highest BCUT2D eigenvalue weighted by Crippen LogP contribution is 2.31. The van der Waals surface area contributed by atoms with Gasteiger partial charge in [0.1, 0.15) is 17.1 Å². The number of benzene rings is 3. The van der Waals surface area contributed by atoms with Crippen LogP contribution in [0.4, 0.5) is 0 Å². The third kappa shape index (κ3) is 7.61. The molecule has 0 radical (unpaired) electrons. The average Bonchev–Trinajstić information content (AvgIpc) is 3.83. The number of pyridine rings is 3. The first-order chi connectivity index (χ1) is 27.7. The summed E-state index contributed by atoms with van der Waals surface area (Å²) in [6.07, 6.45) is 5.22. The number of hydrogen-bond acceptors (Lipinski definition) is 6. The normalized spacial score (nSPS) is 11.1. The van der Waals surface area contributed by atoms with Gasteiger partial charge in [0.05, 0.1) is 51.4 Å². The average molecular weight is 821 g/mol. The van der Waals surface area contributed by atoms with Crippen LogP contribution in [0.1, 0.15) is 52.2 Å². The molecular formula is C45H36Cl3N3O6. The second-order valence-electron chi connectivity index (χ2n) is 12.7. The second kappa shape index (κ2) is 17.0. The molecule has 288 valence electrons. The van der Waals surface area contributed by atoms with E-state index in [1.807, 2.05) is 109 Å². The number of esters is 3. The van der Waals surface area contributed by atoms with E-state index in [2.05, 4.69) is 0 Å². The minimum absolute atomic E-state index is 0.332. The molecule has 6 heterocycles. The zero-order valence-electron chi connectivity index (χ0n) is 31.2. The van der Waals surface area contributed by atoms with Crippen molar-refractivity contribution < 1.29 is 28.6 Å². The smallest absolute Gasteiger partial charge is 0.355 e. The van der Waals surface area contributed by atoms with E-state index >= 15 is 0 Å². The molecule has 0 fully saturated rings. The third-order valence-electron chi connectivity index (χ3n) is 9.24. The minimum atomic E-state index is -0.332. The summed E-state index contributed by atoms with van der Waals surface area (Å²) in [6, 6.07) is 34.5. The molecule has 9 nitrogen and oxygen atoms in total. The number of nitrogens with zero attached hydrogens (tertiary/aromatic N) is 3. The van der Waals surface area contributed by atoms with Crippen molar-refractivity contribution in [2.24, 2.45) is 0 Å². The molecule has 6 aromatic heterocycles. The molecule has 3 aromatic carbocycles. The minimum Gasteiger partial charge on any atom is -0.461 e. The molecule has 0 saturated carbocycles. The van der Waals surface area contributed by atoms with Crippen molar-refractivity contribution in [3.8, 4) is 0 Å². The van der Waals surface area contributed by atoms with Gasteiger partial charge in [0, 0.05) is 50.9 Å². The van der Waals surface area contributed by atoms with E-state index in [9.17, 15) is 14.4 Å². The zero-order chi connectivity index (χ0) is 40.2. The van der Waals surface area contributed by atoms with E-state index in [1.54, 1.807) is 52.6 Å².